The average Bonchev–Trinajstić information content (AvgIpc) is 2.72. The Labute approximate surface area is 173 Å². The van der Waals surface area contributed by atoms with Crippen LogP contribution in [0, 0.1) is 0 Å². The van der Waals surface area contributed by atoms with Crippen molar-refractivity contribution in [2.75, 3.05) is 44.2 Å². The van der Waals surface area contributed by atoms with Gasteiger partial charge < -0.3 is 14.7 Å². The first-order valence-corrected chi connectivity index (χ1v) is 9.79. The van der Waals surface area contributed by atoms with Crippen molar-refractivity contribution >= 4 is 11.5 Å². The maximum Gasteiger partial charge on any atom is 0.416 e. The van der Waals surface area contributed by atoms with Crippen molar-refractivity contribution in [1.82, 2.24) is 4.90 Å². The summed E-state index contributed by atoms with van der Waals surface area (Å²) in [5.74, 6) is 0.468. The summed E-state index contributed by atoms with van der Waals surface area (Å²) in [5, 5.41) is 10.3. The van der Waals surface area contributed by atoms with Gasteiger partial charge in [0.2, 0.25) is 0 Å². The van der Waals surface area contributed by atoms with Gasteiger partial charge in [0.15, 0.2) is 5.78 Å². The highest BCUT2D eigenvalue weighted by atomic mass is 19.4. The molecule has 8 heteroatoms. The van der Waals surface area contributed by atoms with Gasteiger partial charge in [0.1, 0.15) is 18.5 Å². The van der Waals surface area contributed by atoms with Crippen LogP contribution in [0.1, 0.15) is 22.8 Å². The summed E-state index contributed by atoms with van der Waals surface area (Å²) in [4.78, 5) is 15.4. The van der Waals surface area contributed by atoms with Crippen LogP contribution in [0.25, 0.3) is 0 Å². The number of hydrogen-bond donors (Lipinski definition) is 1. The number of anilines is 1. The molecule has 2 aromatic carbocycles. The number of piperazine rings is 1. The van der Waals surface area contributed by atoms with Crippen LogP contribution < -0.4 is 9.64 Å². The van der Waals surface area contributed by atoms with E-state index in [0.717, 1.165) is 6.07 Å². The van der Waals surface area contributed by atoms with Gasteiger partial charge in [-0.25, -0.2) is 0 Å². The van der Waals surface area contributed by atoms with Gasteiger partial charge in [-0.1, -0.05) is 18.2 Å². The number of nitrogens with zero attached hydrogens (tertiary/aromatic N) is 2. The first kappa shape index (κ1) is 22.1. The lowest BCUT2D eigenvalue weighted by atomic mass is 10.1. The highest BCUT2D eigenvalue weighted by Gasteiger charge is 2.31. The van der Waals surface area contributed by atoms with E-state index in [2.05, 4.69) is 4.90 Å². The van der Waals surface area contributed by atoms with E-state index in [1.54, 1.807) is 30.3 Å². The number of ketones is 1. The summed E-state index contributed by atoms with van der Waals surface area (Å²) in [6.07, 6.45) is -5.07. The van der Waals surface area contributed by atoms with Gasteiger partial charge in [-0.3, -0.25) is 9.69 Å². The van der Waals surface area contributed by atoms with Gasteiger partial charge in [0, 0.05) is 44.0 Å². The molecule has 0 amide bonds. The quantitative estimate of drug-likeness (QED) is 0.693. The zero-order valence-electron chi connectivity index (χ0n) is 16.7. The standard InChI is InChI=1S/C22H25F3N2O3/c1-16(28)17-4-2-7-21(12-17)30-15-20(29)14-26-8-10-27(11-9-26)19-6-3-5-18(13-19)22(23,24)25/h2-7,12-13,20,29H,8-11,14-15H2,1H3/t20-/m1/s1. The highest BCUT2D eigenvalue weighted by molar-refractivity contribution is 5.94. The largest absolute Gasteiger partial charge is 0.491 e. The Morgan fingerprint density at radius 2 is 1.80 bits per heavy atom. The molecular formula is C22H25F3N2O3. The maximum absolute atomic E-state index is 12.9. The van der Waals surface area contributed by atoms with Crippen LogP contribution in [0.15, 0.2) is 48.5 Å². The van der Waals surface area contributed by atoms with Crippen LogP contribution in [0.4, 0.5) is 18.9 Å². The third-order valence-corrected chi connectivity index (χ3v) is 5.06. The molecule has 3 rings (SSSR count). The Kier molecular flexibility index (Phi) is 6.99. The number of aliphatic hydroxyl groups is 1. The molecule has 0 unspecified atom stereocenters. The Balaban J connectivity index is 1.46. The van der Waals surface area contributed by atoms with Gasteiger partial charge in [-0.2, -0.15) is 13.2 Å². The summed E-state index contributed by atoms with van der Waals surface area (Å²) < 4.78 is 44.3. The first-order valence-electron chi connectivity index (χ1n) is 9.79. The van der Waals surface area contributed by atoms with Crippen LogP contribution in [-0.4, -0.2) is 61.2 Å². The van der Waals surface area contributed by atoms with E-state index in [4.69, 9.17) is 4.74 Å². The lowest BCUT2D eigenvalue weighted by Crippen LogP contribution is -2.49. The van der Waals surface area contributed by atoms with Crippen LogP contribution in [0.3, 0.4) is 0 Å². The normalized spacial score (nSPS) is 16.4. The van der Waals surface area contributed by atoms with E-state index < -0.39 is 17.8 Å². The Hall–Kier alpha value is -2.58. The van der Waals surface area contributed by atoms with E-state index in [1.165, 1.54) is 19.1 Å². The summed E-state index contributed by atoms with van der Waals surface area (Å²) >= 11 is 0. The summed E-state index contributed by atoms with van der Waals surface area (Å²) in [7, 11) is 0. The molecular weight excluding hydrogens is 397 g/mol. The Morgan fingerprint density at radius 1 is 1.10 bits per heavy atom. The molecule has 1 saturated heterocycles. The molecule has 1 fully saturated rings. The van der Waals surface area contributed by atoms with Crippen molar-refractivity contribution in [2.45, 2.75) is 19.2 Å². The number of Topliss-reactive ketones (excluding diaryl/α,β-unsaturated/α-hetero) is 1. The fourth-order valence-electron chi connectivity index (χ4n) is 3.42. The van der Waals surface area contributed by atoms with Crippen LogP contribution >= 0.6 is 0 Å². The Morgan fingerprint density at radius 3 is 2.47 bits per heavy atom. The van der Waals surface area contributed by atoms with Crippen molar-refractivity contribution < 1.29 is 27.8 Å². The number of carbonyl (C=O) groups is 1. The summed E-state index contributed by atoms with van der Waals surface area (Å²) in [5.41, 5.74) is 0.454. The molecule has 0 bridgehead atoms. The molecule has 0 radical (unpaired) electrons. The molecule has 30 heavy (non-hydrogen) atoms. The van der Waals surface area contributed by atoms with Gasteiger partial charge in [-0.15, -0.1) is 0 Å². The smallest absolute Gasteiger partial charge is 0.416 e. The number of benzene rings is 2. The van der Waals surface area contributed by atoms with Crippen molar-refractivity contribution in [2.24, 2.45) is 0 Å². The molecule has 1 N–H and O–H groups in total. The fourth-order valence-corrected chi connectivity index (χ4v) is 3.42. The molecule has 0 saturated carbocycles. The van der Waals surface area contributed by atoms with Crippen LogP contribution in [0.5, 0.6) is 5.75 Å². The van der Waals surface area contributed by atoms with E-state index >= 15 is 0 Å². The number of rotatable bonds is 7. The lowest BCUT2D eigenvalue weighted by Gasteiger charge is -2.37. The highest BCUT2D eigenvalue weighted by Crippen LogP contribution is 2.31. The van der Waals surface area contributed by atoms with E-state index in [0.29, 0.717) is 49.7 Å². The summed E-state index contributed by atoms with van der Waals surface area (Å²) in [6.45, 7) is 4.40. The topological polar surface area (TPSA) is 53.0 Å². The number of aliphatic hydroxyl groups excluding tert-OH is 1. The van der Waals surface area contributed by atoms with Crippen molar-refractivity contribution in [3.8, 4) is 5.75 Å². The second-order valence-corrected chi connectivity index (χ2v) is 7.38. The predicted molar refractivity (Wildman–Crippen MR) is 108 cm³/mol. The molecule has 2 aromatic rings. The third kappa shape index (κ3) is 5.96. The fraction of sp³-hybridized carbons (Fsp3) is 0.409. The van der Waals surface area contributed by atoms with Crippen molar-refractivity contribution in [3.63, 3.8) is 0 Å². The van der Waals surface area contributed by atoms with Gasteiger partial charge in [-0.05, 0) is 37.3 Å². The zero-order chi connectivity index (χ0) is 21.7. The SMILES string of the molecule is CC(=O)c1cccc(OC[C@H](O)CN2CCN(c3cccc(C(F)(F)F)c3)CC2)c1. The summed E-state index contributed by atoms with van der Waals surface area (Å²) in [6, 6.07) is 12.2. The predicted octanol–water partition coefficient (Wildman–Crippen LogP) is 3.47. The molecule has 0 aliphatic carbocycles. The first-order chi connectivity index (χ1) is 14.2. The zero-order valence-corrected chi connectivity index (χ0v) is 16.7. The van der Waals surface area contributed by atoms with E-state index in [-0.39, 0.29) is 12.4 Å². The number of hydrogen-bond acceptors (Lipinski definition) is 5. The second kappa shape index (κ2) is 9.49. The molecule has 0 spiro atoms. The Bertz CT molecular complexity index is 865. The van der Waals surface area contributed by atoms with Gasteiger partial charge in [0.05, 0.1) is 5.56 Å². The molecule has 5 nitrogen and oxygen atoms in total. The monoisotopic (exact) mass is 422 g/mol. The molecule has 1 aliphatic heterocycles. The molecule has 162 valence electrons. The maximum atomic E-state index is 12.9. The molecule has 1 aliphatic rings. The number of β-amino-alcohol motifs (C(OH)–C–C–N with tert-alkyl or cyclic N) is 1. The van der Waals surface area contributed by atoms with Crippen LogP contribution in [-0.2, 0) is 6.18 Å². The molecule has 1 heterocycles. The number of halogens is 3. The van der Waals surface area contributed by atoms with Crippen molar-refractivity contribution in [1.29, 1.82) is 0 Å². The molecule has 1 atom stereocenters. The number of carbonyl (C=O) groups excluding carboxylic acids is 1. The van der Waals surface area contributed by atoms with Gasteiger partial charge in [0.25, 0.3) is 0 Å². The third-order valence-electron chi connectivity index (χ3n) is 5.06. The van der Waals surface area contributed by atoms with Crippen LogP contribution in [0.2, 0.25) is 0 Å². The minimum absolute atomic E-state index is 0.0559. The van der Waals surface area contributed by atoms with Crippen molar-refractivity contribution in [3.05, 3.63) is 59.7 Å². The lowest BCUT2D eigenvalue weighted by molar-refractivity contribution is -0.137. The van der Waals surface area contributed by atoms with Gasteiger partial charge >= 0.3 is 6.18 Å². The second-order valence-electron chi connectivity index (χ2n) is 7.38. The number of ether oxygens (including phenoxy) is 1. The minimum atomic E-state index is -4.36. The van der Waals surface area contributed by atoms with E-state index in [1.807, 2.05) is 4.90 Å². The molecule has 0 aromatic heterocycles. The van der Waals surface area contributed by atoms with E-state index in [9.17, 15) is 23.1 Å². The average molecular weight is 422 g/mol. The minimum Gasteiger partial charge on any atom is -0.491 e. The number of alkyl halides is 3.